The molecule has 0 saturated carbocycles. The summed E-state index contributed by atoms with van der Waals surface area (Å²) in [5.74, 6) is 1.29. The van der Waals surface area contributed by atoms with Gasteiger partial charge in [0, 0.05) is 0 Å². The Bertz CT molecular complexity index is 515. The van der Waals surface area contributed by atoms with E-state index in [4.69, 9.17) is 9.15 Å². The number of carbonyl (C=O) groups excluding carboxylic acids is 1. The summed E-state index contributed by atoms with van der Waals surface area (Å²) in [7, 11) is 0. The van der Waals surface area contributed by atoms with Gasteiger partial charge in [-0.25, -0.2) is 9.78 Å². The van der Waals surface area contributed by atoms with Crippen LogP contribution in [-0.4, -0.2) is 28.3 Å². The fraction of sp³-hybridized carbons (Fsp3) is 0.733. The smallest absolute Gasteiger partial charge is 0.315 e. The molecule has 0 spiro atoms. The lowest BCUT2D eigenvalue weighted by molar-refractivity contribution is -0.0690. The summed E-state index contributed by atoms with van der Waals surface area (Å²) in [5, 5.41) is 5.74. The maximum atomic E-state index is 12.0. The van der Waals surface area contributed by atoms with Crippen LogP contribution in [0.25, 0.3) is 0 Å². The van der Waals surface area contributed by atoms with Crippen LogP contribution in [0.5, 0.6) is 0 Å². The molecule has 1 fully saturated rings. The van der Waals surface area contributed by atoms with Crippen molar-refractivity contribution >= 4 is 6.03 Å². The van der Waals surface area contributed by atoms with Crippen molar-refractivity contribution in [1.29, 1.82) is 0 Å². The monoisotopic (exact) mass is 295 g/mol. The molecular weight excluding hydrogens is 270 g/mol. The zero-order chi connectivity index (χ0) is 15.8. The van der Waals surface area contributed by atoms with Crippen LogP contribution in [-0.2, 0) is 11.3 Å². The first-order valence-electron chi connectivity index (χ1n) is 7.26. The Balaban J connectivity index is 1.87. The van der Waals surface area contributed by atoms with Gasteiger partial charge in [0.05, 0.1) is 29.5 Å². The van der Waals surface area contributed by atoms with Crippen molar-refractivity contribution in [2.75, 3.05) is 0 Å². The molecule has 118 valence electrons. The van der Waals surface area contributed by atoms with Crippen LogP contribution in [0.4, 0.5) is 4.79 Å². The van der Waals surface area contributed by atoms with E-state index < -0.39 is 0 Å². The van der Waals surface area contributed by atoms with Crippen LogP contribution in [0.3, 0.4) is 0 Å². The summed E-state index contributed by atoms with van der Waals surface area (Å²) in [6.07, 6.45) is 0.782. The number of aryl methyl sites for hydroxylation is 2. The number of hydrogen-bond acceptors (Lipinski definition) is 4. The third kappa shape index (κ3) is 3.75. The number of nitrogens with zero attached hydrogens (tertiary/aromatic N) is 1. The molecule has 1 aromatic heterocycles. The van der Waals surface area contributed by atoms with Crippen LogP contribution >= 0.6 is 0 Å². The third-order valence-electron chi connectivity index (χ3n) is 3.85. The molecule has 2 rings (SSSR count). The topological polar surface area (TPSA) is 76.4 Å². The standard InChI is InChI=1S/C15H25N3O3/c1-9-10(2)20-12(17-9)8-16-13(19)18-11-7-14(3,4)21-15(11,5)6/h11H,7-8H2,1-6H3,(H2,16,18,19)/t11-/m1/s1. The second-order valence-electron chi connectivity index (χ2n) is 6.80. The maximum Gasteiger partial charge on any atom is 0.315 e. The molecule has 1 saturated heterocycles. The van der Waals surface area contributed by atoms with E-state index in [-0.39, 0.29) is 29.8 Å². The minimum absolute atomic E-state index is 0.0273. The molecule has 0 unspecified atom stereocenters. The molecule has 1 atom stereocenters. The number of carbonyl (C=O) groups is 1. The third-order valence-corrected chi connectivity index (χ3v) is 3.85. The largest absolute Gasteiger partial charge is 0.444 e. The van der Waals surface area contributed by atoms with E-state index >= 15 is 0 Å². The fourth-order valence-electron chi connectivity index (χ4n) is 2.77. The van der Waals surface area contributed by atoms with E-state index in [0.29, 0.717) is 5.89 Å². The molecule has 0 bridgehead atoms. The molecule has 0 aliphatic carbocycles. The molecule has 2 amide bonds. The molecule has 6 heteroatoms. The molecule has 2 N–H and O–H groups in total. The van der Waals surface area contributed by atoms with Crippen molar-refractivity contribution in [3.63, 3.8) is 0 Å². The van der Waals surface area contributed by atoms with E-state index in [9.17, 15) is 4.79 Å². The number of rotatable bonds is 3. The van der Waals surface area contributed by atoms with Gasteiger partial charge in [0.2, 0.25) is 5.89 Å². The highest BCUT2D eigenvalue weighted by Crippen LogP contribution is 2.37. The van der Waals surface area contributed by atoms with Crippen molar-refractivity contribution in [3.05, 3.63) is 17.3 Å². The number of urea groups is 1. The van der Waals surface area contributed by atoms with Gasteiger partial charge in [-0.2, -0.15) is 0 Å². The zero-order valence-electron chi connectivity index (χ0n) is 13.7. The molecular formula is C15H25N3O3. The van der Waals surface area contributed by atoms with Crippen molar-refractivity contribution < 1.29 is 13.9 Å². The predicted octanol–water partition coefficient (Wildman–Crippen LogP) is 2.44. The van der Waals surface area contributed by atoms with E-state index in [0.717, 1.165) is 17.9 Å². The number of nitrogens with one attached hydrogen (secondary N) is 2. The van der Waals surface area contributed by atoms with E-state index in [2.05, 4.69) is 15.6 Å². The van der Waals surface area contributed by atoms with Gasteiger partial charge in [0.1, 0.15) is 5.76 Å². The van der Waals surface area contributed by atoms with E-state index in [1.807, 2.05) is 41.5 Å². The molecule has 0 radical (unpaired) electrons. The predicted molar refractivity (Wildman–Crippen MR) is 79.0 cm³/mol. The number of aromatic nitrogens is 1. The lowest BCUT2D eigenvalue weighted by Crippen LogP contribution is -2.49. The zero-order valence-corrected chi connectivity index (χ0v) is 13.7. The molecule has 6 nitrogen and oxygen atoms in total. The summed E-state index contributed by atoms with van der Waals surface area (Å²) in [4.78, 5) is 16.2. The minimum Gasteiger partial charge on any atom is -0.444 e. The molecule has 1 aliphatic rings. The number of hydrogen-bond donors (Lipinski definition) is 2. The Morgan fingerprint density at radius 1 is 1.33 bits per heavy atom. The molecule has 21 heavy (non-hydrogen) atoms. The van der Waals surface area contributed by atoms with Gasteiger partial charge in [-0.3, -0.25) is 0 Å². The highest BCUT2D eigenvalue weighted by Gasteiger charge is 2.46. The van der Waals surface area contributed by atoms with Crippen LogP contribution in [0.2, 0.25) is 0 Å². The van der Waals surface area contributed by atoms with E-state index in [1.54, 1.807) is 0 Å². The minimum atomic E-state index is -0.378. The molecule has 1 aromatic rings. The molecule has 0 aromatic carbocycles. The van der Waals surface area contributed by atoms with Gasteiger partial charge in [-0.15, -0.1) is 0 Å². The number of oxazole rings is 1. The van der Waals surface area contributed by atoms with Crippen LogP contribution < -0.4 is 10.6 Å². The van der Waals surface area contributed by atoms with Crippen molar-refractivity contribution in [2.24, 2.45) is 0 Å². The average Bonchev–Trinajstić information content (AvgIpc) is 2.73. The molecule has 2 heterocycles. The van der Waals surface area contributed by atoms with Crippen LogP contribution in [0.15, 0.2) is 4.42 Å². The van der Waals surface area contributed by atoms with Crippen LogP contribution in [0, 0.1) is 13.8 Å². The molecule has 1 aliphatic heterocycles. The Morgan fingerprint density at radius 3 is 2.48 bits per heavy atom. The highest BCUT2D eigenvalue weighted by atomic mass is 16.5. The van der Waals surface area contributed by atoms with Gasteiger partial charge in [-0.1, -0.05) is 0 Å². The first-order chi connectivity index (χ1) is 9.59. The summed E-state index contributed by atoms with van der Waals surface area (Å²) in [5.41, 5.74) is 0.245. The fourth-order valence-corrected chi connectivity index (χ4v) is 2.77. The quantitative estimate of drug-likeness (QED) is 0.898. The van der Waals surface area contributed by atoms with E-state index in [1.165, 1.54) is 0 Å². The number of ether oxygens (including phenoxy) is 1. The summed E-state index contributed by atoms with van der Waals surface area (Å²) in [6, 6.07) is -0.261. The Hall–Kier alpha value is -1.56. The maximum absolute atomic E-state index is 12.0. The Labute approximate surface area is 125 Å². The lowest BCUT2D eigenvalue weighted by atomic mass is 9.95. The van der Waals surface area contributed by atoms with Gasteiger partial charge in [0.25, 0.3) is 0 Å². The van der Waals surface area contributed by atoms with Gasteiger partial charge >= 0.3 is 6.03 Å². The van der Waals surface area contributed by atoms with Crippen molar-refractivity contribution in [2.45, 2.75) is 71.8 Å². The average molecular weight is 295 g/mol. The normalized spacial score (nSPS) is 23.0. The first-order valence-corrected chi connectivity index (χ1v) is 7.26. The van der Waals surface area contributed by atoms with Gasteiger partial charge in [-0.05, 0) is 48.0 Å². The summed E-state index contributed by atoms with van der Waals surface area (Å²) < 4.78 is 11.4. The Kier molecular flexibility index (Phi) is 4.02. The first kappa shape index (κ1) is 15.8. The van der Waals surface area contributed by atoms with Gasteiger partial charge < -0.3 is 19.8 Å². The summed E-state index contributed by atoms with van der Waals surface area (Å²) >= 11 is 0. The number of amides is 2. The Morgan fingerprint density at radius 2 is 2.00 bits per heavy atom. The van der Waals surface area contributed by atoms with Gasteiger partial charge in [0.15, 0.2) is 0 Å². The summed E-state index contributed by atoms with van der Waals surface area (Å²) in [6.45, 7) is 12.1. The van der Waals surface area contributed by atoms with Crippen molar-refractivity contribution in [3.8, 4) is 0 Å². The van der Waals surface area contributed by atoms with Crippen molar-refractivity contribution in [1.82, 2.24) is 15.6 Å². The SMILES string of the molecule is Cc1nc(CNC(=O)N[C@@H]2CC(C)(C)OC2(C)C)oc1C. The lowest BCUT2D eigenvalue weighted by Gasteiger charge is -2.27. The van der Waals surface area contributed by atoms with Crippen LogP contribution in [0.1, 0.15) is 51.5 Å². The second-order valence-corrected chi connectivity index (χ2v) is 6.80. The second kappa shape index (κ2) is 5.33. The highest BCUT2D eigenvalue weighted by molar-refractivity contribution is 5.74.